The Kier molecular flexibility index (Phi) is 8.70. The highest BCUT2D eigenvalue weighted by Crippen LogP contribution is 2.48. The van der Waals surface area contributed by atoms with E-state index in [4.69, 9.17) is 14.3 Å². The SMILES string of the molecule is CC(C)N(C(C)C)P(OCCC#N)OCC(F)(F)C(F)(F)F. The van der Waals surface area contributed by atoms with Gasteiger partial charge in [-0.1, -0.05) is 0 Å². The van der Waals surface area contributed by atoms with Crippen LogP contribution in [0.2, 0.25) is 0 Å². The van der Waals surface area contributed by atoms with Crippen LogP contribution in [0.4, 0.5) is 22.0 Å². The average Bonchev–Trinajstić information content (AvgIpc) is 2.33. The molecule has 130 valence electrons. The Morgan fingerprint density at radius 3 is 1.91 bits per heavy atom. The summed E-state index contributed by atoms with van der Waals surface area (Å²) in [4.78, 5) is 0. The van der Waals surface area contributed by atoms with E-state index in [1.54, 1.807) is 38.4 Å². The van der Waals surface area contributed by atoms with Gasteiger partial charge >= 0.3 is 12.1 Å². The quantitative estimate of drug-likeness (QED) is 0.349. The number of hydrogen-bond acceptors (Lipinski definition) is 4. The zero-order chi connectivity index (χ0) is 17.6. The van der Waals surface area contributed by atoms with E-state index in [2.05, 4.69) is 0 Å². The van der Waals surface area contributed by atoms with Crippen LogP contribution in [0.25, 0.3) is 0 Å². The molecule has 0 bridgehead atoms. The fourth-order valence-corrected chi connectivity index (χ4v) is 3.15. The molecular formula is C12H20F5N2O2P. The van der Waals surface area contributed by atoms with Gasteiger partial charge in [0.2, 0.25) is 0 Å². The summed E-state index contributed by atoms with van der Waals surface area (Å²) in [5.74, 6) is -4.95. The molecule has 0 aliphatic rings. The number of nitrogens with zero attached hydrogens (tertiary/aromatic N) is 2. The monoisotopic (exact) mass is 350 g/mol. The number of rotatable bonds is 9. The Bertz CT molecular complexity index is 364. The molecule has 0 aliphatic heterocycles. The molecule has 0 heterocycles. The second-order valence-corrected chi connectivity index (χ2v) is 6.48. The number of alkyl halides is 5. The molecule has 0 aromatic heterocycles. The fourth-order valence-electron chi connectivity index (χ4n) is 1.53. The fraction of sp³-hybridized carbons (Fsp3) is 0.917. The van der Waals surface area contributed by atoms with Crippen molar-refractivity contribution in [1.82, 2.24) is 4.67 Å². The van der Waals surface area contributed by atoms with E-state index < -0.39 is 27.2 Å². The van der Waals surface area contributed by atoms with Gasteiger partial charge in [0.25, 0.3) is 8.53 Å². The van der Waals surface area contributed by atoms with Gasteiger partial charge in [-0.05, 0) is 27.7 Å². The third-order valence-corrected chi connectivity index (χ3v) is 4.49. The van der Waals surface area contributed by atoms with Crippen molar-refractivity contribution in [3.8, 4) is 6.07 Å². The van der Waals surface area contributed by atoms with Gasteiger partial charge in [-0.15, -0.1) is 0 Å². The summed E-state index contributed by atoms with van der Waals surface area (Å²) in [6.45, 7) is 5.06. The number of hydrogen-bond donors (Lipinski definition) is 0. The Balaban J connectivity index is 4.97. The van der Waals surface area contributed by atoms with E-state index in [0.29, 0.717) is 0 Å². The highest BCUT2D eigenvalue weighted by atomic mass is 31.2. The van der Waals surface area contributed by atoms with Gasteiger partial charge in [0.05, 0.1) is 19.1 Å². The van der Waals surface area contributed by atoms with Gasteiger partial charge in [-0.25, -0.2) is 4.67 Å². The molecule has 0 saturated heterocycles. The summed E-state index contributed by atoms with van der Waals surface area (Å²) in [6.07, 6.45) is -5.69. The Labute approximate surface area is 128 Å². The van der Waals surface area contributed by atoms with Crippen molar-refractivity contribution in [3.05, 3.63) is 0 Å². The molecular weight excluding hydrogens is 330 g/mol. The second kappa shape index (κ2) is 8.92. The first-order valence-electron chi connectivity index (χ1n) is 6.59. The number of halogens is 5. The molecule has 4 nitrogen and oxygen atoms in total. The van der Waals surface area contributed by atoms with E-state index in [1.165, 1.54) is 0 Å². The molecule has 0 rings (SSSR count). The van der Waals surface area contributed by atoms with Crippen LogP contribution < -0.4 is 0 Å². The van der Waals surface area contributed by atoms with Gasteiger partial charge in [0, 0.05) is 12.1 Å². The zero-order valence-corrected chi connectivity index (χ0v) is 13.7. The molecule has 0 saturated carbocycles. The first-order valence-corrected chi connectivity index (χ1v) is 7.72. The van der Waals surface area contributed by atoms with Crippen LogP contribution in [0.1, 0.15) is 34.1 Å². The van der Waals surface area contributed by atoms with Gasteiger partial charge in [0.1, 0.15) is 6.61 Å². The maximum atomic E-state index is 13.0. The summed E-state index contributed by atoms with van der Waals surface area (Å²) in [5.41, 5.74) is 0. The smallest absolute Gasteiger partial charge is 0.321 e. The summed E-state index contributed by atoms with van der Waals surface area (Å²) in [5, 5.41) is 8.46. The minimum Gasteiger partial charge on any atom is -0.321 e. The molecule has 0 aromatic carbocycles. The predicted molar refractivity (Wildman–Crippen MR) is 72.2 cm³/mol. The highest BCUT2D eigenvalue weighted by molar-refractivity contribution is 7.44. The van der Waals surface area contributed by atoms with Gasteiger partial charge in [-0.2, -0.15) is 27.2 Å². The van der Waals surface area contributed by atoms with Crippen LogP contribution in [-0.4, -0.2) is 42.1 Å². The Morgan fingerprint density at radius 1 is 1.05 bits per heavy atom. The van der Waals surface area contributed by atoms with E-state index in [1.807, 2.05) is 0 Å². The van der Waals surface area contributed by atoms with Crippen molar-refractivity contribution in [2.45, 2.75) is 58.3 Å². The summed E-state index contributed by atoms with van der Waals surface area (Å²) >= 11 is 0. The molecule has 22 heavy (non-hydrogen) atoms. The van der Waals surface area contributed by atoms with E-state index in [-0.39, 0.29) is 25.1 Å². The van der Waals surface area contributed by atoms with Crippen molar-refractivity contribution in [2.24, 2.45) is 0 Å². The van der Waals surface area contributed by atoms with Crippen molar-refractivity contribution >= 4 is 8.53 Å². The molecule has 0 radical (unpaired) electrons. The molecule has 0 spiro atoms. The lowest BCUT2D eigenvalue weighted by Gasteiger charge is -2.36. The molecule has 0 aliphatic carbocycles. The van der Waals surface area contributed by atoms with Gasteiger partial charge < -0.3 is 9.05 Å². The largest absolute Gasteiger partial charge is 0.455 e. The Morgan fingerprint density at radius 2 is 1.55 bits per heavy atom. The lowest BCUT2D eigenvalue weighted by molar-refractivity contribution is -0.290. The molecule has 0 N–H and O–H groups in total. The highest BCUT2D eigenvalue weighted by Gasteiger charge is 2.58. The molecule has 0 fully saturated rings. The van der Waals surface area contributed by atoms with Crippen molar-refractivity contribution < 1.29 is 31.0 Å². The third-order valence-electron chi connectivity index (χ3n) is 2.43. The average molecular weight is 350 g/mol. The zero-order valence-electron chi connectivity index (χ0n) is 12.8. The summed E-state index contributed by atoms with van der Waals surface area (Å²) in [6, 6.07) is 1.43. The van der Waals surface area contributed by atoms with Gasteiger partial charge in [-0.3, -0.25) is 0 Å². The van der Waals surface area contributed by atoms with E-state index in [0.717, 1.165) is 0 Å². The van der Waals surface area contributed by atoms with Gasteiger partial charge in [0.15, 0.2) is 0 Å². The second-order valence-electron chi connectivity index (χ2n) is 5.02. The van der Waals surface area contributed by atoms with E-state index in [9.17, 15) is 22.0 Å². The first-order chi connectivity index (χ1) is 9.94. The molecule has 1 atom stereocenters. The van der Waals surface area contributed by atoms with Crippen molar-refractivity contribution in [3.63, 3.8) is 0 Å². The summed E-state index contributed by atoms with van der Waals surface area (Å²) in [7, 11) is -2.12. The number of nitriles is 1. The minimum atomic E-state index is -5.68. The predicted octanol–water partition coefficient (Wildman–Crippen LogP) is 4.48. The Hall–Kier alpha value is -0.550. The standard InChI is InChI=1S/C12H20F5N2O2P/c1-9(2)19(10(3)4)22(20-7-5-6-18)21-8-11(13,14)12(15,16)17/h9-10H,5,7-8H2,1-4H3. The minimum absolute atomic E-state index is 0.0120. The van der Waals surface area contributed by atoms with Crippen LogP contribution in [0.15, 0.2) is 0 Å². The maximum absolute atomic E-state index is 13.0. The van der Waals surface area contributed by atoms with Crippen LogP contribution in [0, 0.1) is 11.3 Å². The van der Waals surface area contributed by atoms with Crippen LogP contribution in [-0.2, 0) is 9.05 Å². The molecule has 1 unspecified atom stereocenters. The van der Waals surface area contributed by atoms with Crippen molar-refractivity contribution in [1.29, 1.82) is 5.26 Å². The molecule has 10 heteroatoms. The topological polar surface area (TPSA) is 45.5 Å². The lowest BCUT2D eigenvalue weighted by atomic mass is 10.3. The third kappa shape index (κ3) is 6.69. The molecule has 0 aromatic rings. The van der Waals surface area contributed by atoms with Crippen LogP contribution >= 0.6 is 8.53 Å². The normalized spacial score (nSPS) is 14.7. The lowest BCUT2D eigenvalue weighted by Crippen LogP contribution is -2.41. The van der Waals surface area contributed by atoms with E-state index >= 15 is 0 Å². The van der Waals surface area contributed by atoms with Crippen LogP contribution in [0.5, 0.6) is 0 Å². The van der Waals surface area contributed by atoms with Crippen molar-refractivity contribution in [2.75, 3.05) is 13.2 Å². The maximum Gasteiger partial charge on any atom is 0.455 e. The summed E-state index contributed by atoms with van der Waals surface area (Å²) < 4.78 is 74.1. The first kappa shape index (κ1) is 21.4. The molecule has 0 amide bonds. The van der Waals surface area contributed by atoms with Crippen LogP contribution in [0.3, 0.4) is 0 Å².